The van der Waals surface area contributed by atoms with Gasteiger partial charge in [0, 0.05) is 16.6 Å². The SMILES string of the molecule is CC1=C(N)C=CCC1OCC1C=CC(Cl)=CC1. The van der Waals surface area contributed by atoms with E-state index in [0.29, 0.717) is 5.92 Å². The molecule has 2 unspecified atom stereocenters. The second-order valence-electron chi connectivity index (χ2n) is 4.54. The van der Waals surface area contributed by atoms with E-state index in [1.807, 2.05) is 25.2 Å². The number of halogens is 1. The molecule has 0 aromatic rings. The van der Waals surface area contributed by atoms with Crippen molar-refractivity contribution < 1.29 is 4.74 Å². The van der Waals surface area contributed by atoms with Crippen LogP contribution in [0.2, 0.25) is 0 Å². The van der Waals surface area contributed by atoms with Gasteiger partial charge in [0.1, 0.15) is 0 Å². The average Bonchev–Trinajstić information content (AvgIpc) is 2.33. The molecule has 0 amide bonds. The average molecular weight is 252 g/mol. The molecule has 2 N–H and O–H groups in total. The standard InChI is InChI=1S/C14H18ClNO/c1-10-13(16)3-2-4-14(10)17-9-11-5-7-12(15)8-6-11/h2-3,5,7-8,11,14H,4,6,9,16H2,1H3. The second-order valence-corrected chi connectivity index (χ2v) is 4.98. The Balaban J connectivity index is 1.84. The lowest BCUT2D eigenvalue weighted by Crippen LogP contribution is -2.23. The van der Waals surface area contributed by atoms with Gasteiger partial charge in [-0.25, -0.2) is 0 Å². The van der Waals surface area contributed by atoms with Crippen molar-refractivity contribution in [3.8, 4) is 0 Å². The molecular weight excluding hydrogens is 234 g/mol. The molecule has 2 atom stereocenters. The van der Waals surface area contributed by atoms with Gasteiger partial charge >= 0.3 is 0 Å². The summed E-state index contributed by atoms with van der Waals surface area (Å²) in [6.45, 7) is 2.76. The lowest BCUT2D eigenvalue weighted by Gasteiger charge is -2.24. The van der Waals surface area contributed by atoms with Crippen molar-refractivity contribution in [2.45, 2.75) is 25.9 Å². The van der Waals surface area contributed by atoms with Crippen LogP contribution in [-0.4, -0.2) is 12.7 Å². The van der Waals surface area contributed by atoms with Crippen molar-refractivity contribution in [3.63, 3.8) is 0 Å². The molecule has 0 radical (unpaired) electrons. The van der Waals surface area contributed by atoms with Crippen molar-refractivity contribution in [3.05, 3.63) is 46.7 Å². The minimum absolute atomic E-state index is 0.134. The van der Waals surface area contributed by atoms with Crippen LogP contribution in [0.1, 0.15) is 19.8 Å². The normalized spacial score (nSPS) is 28.5. The Morgan fingerprint density at radius 2 is 2.24 bits per heavy atom. The quantitative estimate of drug-likeness (QED) is 0.836. The first-order chi connectivity index (χ1) is 8.16. The third-order valence-electron chi connectivity index (χ3n) is 3.24. The molecule has 0 aromatic carbocycles. The number of rotatable bonds is 3. The summed E-state index contributed by atoms with van der Waals surface area (Å²) in [7, 11) is 0. The number of hydrogen-bond acceptors (Lipinski definition) is 2. The van der Waals surface area contributed by atoms with Gasteiger partial charge in [-0.2, -0.15) is 0 Å². The molecule has 0 spiro atoms. The van der Waals surface area contributed by atoms with Crippen molar-refractivity contribution in [2.24, 2.45) is 11.7 Å². The molecule has 92 valence electrons. The zero-order chi connectivity index (χ0) is 12.3. The fourth-order valence-electron chi connectivity index (χ4n) is 2.01. The third-order valence-corrected chi connectivity index (χ3v) is 3.52. The smallest absolute Gasteiger partial charge is 0.0839 e. The molecule has 2 rings (SSSR count). The maximum absolute atomic E-state index is 5.93. The van der Waals surface area contributed by atoms with Gasteiger partial charge in [0.15, 0.2) is 0 Å². The Kier molecular flexibility index (Phi) is 4.08. The minimum Gasteiger partial charge on any atom is -0.399 e. The Morgan fingerprint density at radius 3 is 2.94 bits per heavy atom. The molecule has 0 saturated carbocycles. The van der Waals surface area contributed by atoms with Crippen molar-refractivity contribution in [1.82, 2.24) is 0 Å². The first-order valence-electron chi connectivity index (χ1n) is 5.95. The largest absolute Gasteiger partial charge is 0.399 e. The highest BCUT2D eigenvalue weighted by Gasteiger charge is 2.17. The third kappa shape index (κ3) is 3.24. The van der Waals surface area contributed by atoms with E-state index in [9.17, 15) is 0 Å². The van der Waals surface area contributed by atoms with Gasteiger partial charge in [0.05, 0.1) is 12.7 Å². The molecule has 2 aliphatic rings. The highest BCUT2D eigenvalue weighted by Crippen LogP contribution is 2.23. The Morgan fingerprint density at radius 1 is 1.41 bits per heavy atom. The van der Waals surface area contributed by atoms with Crippen LogP contribution < -0.4 is 5.73 Å². The van der Waals surface area contributed by atoms with Gasteiger partial charge < -0.3 is 10.5 Å². The summed E-state index contributed by atoms with van der Waals surface area (Å²) >= 11 is 5.87. The van der Waals surface area contributed by atoms with E-state index >= 15 is 0 Å². The molecule has 17 heavy (non-hydrogen) atoms. The molecule has 0 aromatic heterocycles. The summed E-state index contributed by atoms with van der Waals surface area (Å²) < 4.78 is 5.93. The predicted molar refractivity (Wildman–Crippen MR) is 71.6 cm³/mol. The highest BCUT2D eigenvalue weighted by atomic mass is 35.5. The van der Waals surface area contributed by atoms with Gasteiger partial charge in [-0.1, -0.05) is 29.8 Å². The fourth-order valence-corrected chi connectivity index (χ4v) is 2.17. The van der Waals surface area contributed by atoms with E-state index in [1.165, 1.54) is 0 Å². The molecule has 3 heteroatoms. The van der Waals surface area contributed by atoms with Crippen LogP contribution in [0.15, 0.2) is 46.7 Å². The maximum atomic E-state index is 5.93. The highest BCUT2D eigenvalue weighted by molar-refractivity contribution is 6.31. The lowest BCUT2D eigenvalue weighted by molar-refractivity contribution is 0.0609. The van der Waals surface area contributed by atoms with Gasteiger partial charge in [-0.15, -0.1) is 0 Å². The van der Waals surface area contributed by atoms with Crippen molar-refractivity contribution in [2.75, 3.05) is 6.61 Å². The van der Waals surface area contributed by atoms with E-state index in [2.05, 4.69) is 12.2 Å². The van der Waals surface area contributed by atoms with Crippen LogP contribution in [0.25, 0.3) is 0 Å². The lowest BCUT2D eigenvalue weighted by atomic mass is 9.99. The summed E-state index contributed by atoms with van der Waals surface area (Å²) in [5.74, 6) is 0.428. The van der Waals surface area contributed by atoms with Crippen LogP contribution in [-0.2, 0) is 4.74 Å². The zero-order valence-corrected chi connectivity index (χ0v) is 10.8. The van der Waals surface area contributed by atoms with Crippen LogP contribution in [0, 0.1) is 5.92 Å². The van der Waals surface area contributed by atoms with E-state index in [0.717, 1.165) is 35.8 Å². The van der Waals surface area contributed by atoms with Gasteiger partial charge in [0.25, 0.3) is 0 Å². The monoisotopic (exact) mass is 251 g/mol. The molecule has 2 nitrogen and oxygen atoms in total. The first kappa shape index (κ1) is 12.5. The van der Waals surface area contributed by atoms with E-state index in [1.54, 1.807) is 0 Å². The Hall–Kier alpha value is -0.990. The fraction of sp³-hybridized carbons (Fsp3) is 0.429. The van der Waals surface area contributed by atoms with Crippen LogP contribution in [0.3, 0.4) is 0 Å². The van der Waals surface area contributed by atoms with E-state index in [4.69, 9.17) is 22.1 Å². The predicted octanol–water partition coefficient (Wildman–Crippen LogP) is 3.26. The number of allylic oxidation sites excluding steroid dienone is 4. The van der Waals surface area contributed by atoms with Gasteiger partial charge in [-0.05, 0) is 37.5 Å². The summed E-state index contributed by atoms with van der Waals surface area (Å²) in [4.78, 5) is 0. The molecule has 0 aliphatic heterocycles. The Bertz CT molecular complexity index is 406. The molecule has 0 saturated heterocycles. The van der Waals surface area contributed by atoms with Gasteiger partial charge in [-0.3, -0.25) is 0 Å². The molecular formula is C14H18ClNO. The number of nitrogens with two attached hydrogens (primary N) is 1. The summed E-state index contributed by atoms with van der Waals surface area (Å²) in [5, 5.41) is 0.821. The molecule has 2 aliphatic carbocycles. The number of ether oxygens (including phenoxy) is 1. The van der Waals surface area contributed by atoms with E-state index in [-0.39, 0.29) is 6.10 Å². The summed E-state index contributed by atoms with van der Waals surface area (Å²) in [6.07, 6.45) is 12.1. The Labute approximate surface area is 107 Å². The topological polar surface area (TPSA) is 35.2 Å². The summed E-state index contributed by atoms with van der Waals surface area (Å²) in [5.41, 5.74) is 7.84. The van der Waals surface area contributed by atoms with E-state index < -0.39 is 0 Å². The zero-order valence-electron chi connectivity index (χ0n) is 10.0. The summed E-state index contributed by atoms with van der Waals surface area (Å²) in [6, 6.07) is 0. The number of hydrogen-bond donors (Lipinski definition) is 1. The first-order valence-corrected chi connectivity index (χ1v) is 6.33. The van der Waals surface area contributed by atoms with Crippen LogP contribution in [0.4, 0.5) is 0 Å². The maximum Gasteiger partial charge on any atom is 0.0839 e. The minimum atomic E-state index is 0.134. The van der Waals surface area contributed by atoms with Gasteiger partial charge in [0.2, 0.25) is 0 Å². The second kappa shape index (κ2) is 5.56. The molecule has 0 bridgehead atoms. The van der Waals surface area contributed by atoms with Crippen LogP contribution in [0.5, 0.6) is 0 Å². The van der Waals surface area contributed by atoms with Crippen molar-refractivity contribution in [1.29, 1.82) is 0 Å². The van der Waals surface area contributed by atoms with Crippen molar-refractivity contribution >= 4 is 11.6 Å². The molecule has 0 heterocycles. The molecule has 0 fully saturated rings. The van der Waals surface area contributed by atoms with Crippen LogP contribution >= 0.6 is 11.6 Å².